The number of unbranched alkanes of at least 4 members (excludes halogenated alkanes) is 1. The number of esters is 1. The molecule has 0 aliphatic carbocycles. The third-order valence-electron chi connectivity index (χ3n) is 3.75. The molecule has 0 saturated heterocycles. The lowest BCUT2D eigenvalue weighted by atomic mass is 10.2. The van der Waals surface area contributed by atoms with Crippen molar-refractivity contribution in [3.8, 4) is 0 Å². The number of rotatable bonds is 8. The van der Waals surface area contributed by atoms with Gasteiger partial charge >= 0.3 is 5.97 Å². The molecule has 0 bridgehead atoms. The van der Waals surface area contributed by atoms with Gasteiger partial charge in [-0.25, -0.2) is 4.68 Å². The Balaban J connectivity index is 1.70. The van der Waals surface area contributed by atoms with Gasteiger partial charge in [-0.2, -0.15) is 0 Å². The highest BCUT2D eigenvalue weighted by Gasteiger charge is 2.13. The molecule has 0 aliphatic heterocycles. The van der Waals surface area contributed by atoms with Gasteiger partial charge in [-0.3, -0.25) is 19.5 Å². The van der Waals surface area contributed by atoms with Crippen LogP contribution in [0.4, 0.5) is 0 Å². The Morgan fingerprint density at radius 3 is 2.93 bits per heavy atom. The van der Waals surface area contributed by atoms with E-state index in [2.05, 4.69) is 37.9 Å². The third-order valence-corrected chi connectivity index (χ3v) is 5.22. The number of nitrogens with one attached hydrogen (secondary N) is 1. The summed E-state index contributed by atoms with van der Waals surface area (Å²) in [6.45, 7) is 2.32. The van der Waals surface area contributed by atoms with Crippen LogP contribution in [0.2, 0.25) is 0 Å². The van der Waals surface area contributed by atoms with E-state index < -0.39 is 0 Å². The summed E-state index contributed by atoms with van der Waals surface area (Å²) in [7, 11) is 0. The van der Waals surface area contributed by atoms with Gasteiger partial charge in [0, 0.05) is 3.57 Å². The highest BCUT2D eigenvalue weighted by Crippen LogP contribution is 2.17. The van der Waals surface area contributed by atoms with Crippen molar-refractivity contribution in [1.82, 2.24) is 20.0 Å². The van der Waals surface area contributed by atoms with Crippen LogP contribution in [0, 0.1) is 3.57 Å². The fourth-order valence-corrected chi connectivity index (χ4v) is 3.44. The quantitative estimate of drug-likeness (QED) is 0.209. The van der Waals surface area contributed by atoms with Crippen molar-refractivity contribution < 1.29 is 13.9 Å². The second-order valence-electron chi connectivity index (χ2n) is 5.85. The first-order valence-corrected chi connectivity index (χ1v) is 10.6. The zero-order valence-electron chi connectivity index (χ0n) is 14.9. The van der Waals surface area contributed by atoms with E-state index in [0.717, 1.165) is 32.9 Å². The molecule has 28 heavy (non-hydrogen) atoms. The summed E-state index contributed by atoms with van der Waals surface area (Å²) in [6.07, 6.45) is 1.77. The smallest absolute Gasteiger partial charge is 0.316 e. The summed E-state index contributed by atoms with van der Waals surface area (Å²) in [6, 6.07) is 5.03. The van der Waals surface area contributed by atoms with E-state index in [9.17, 15) is 14.4 Å². The van der Waals surface area contributed by atoms with Crippen LogP contribution in [0.1, 0.15) is 25.7 Å². The van der Waals surface area contributed by atoms with Gasteiger partial charge in [-0.1, -0.05) is 25.1 Å². The number of aromatic nitrogens is 4. The van der Waals surface area contributed by atoms with Crippen LogP contribution < -0.4 is 11.1 Å². The number of aromatic amines is 1. The van der Waals surface area contributed by atoms with Crippen LogP contribution in [-0.4, -0.2) is 38.3 Å². The molecule has 2 aromatic heterocycles. The van der Waals surface area contributed by atoms with Crippen molar-refractivity contribution in [1.29, 1.82) is 0 Å². The maximum Gasteiger partial charge on any atom is 0.316 e. The number of nitrogens with zero attached hydrogens (tertiary/aromatic N) is 3. The van der Waals surface area contributed by atoms with Crippen LogP contribution >= 0.6 is 34.4 Å². The van der Waals surface area contributed by atoms with Crippen molar-refractivity contribution in [2.75, 3.05) is 12.4 Å². The average Bonchev–Trinajstić information content (AvgIpc) is 3.12. The molecule has 0 unspecified atom stereocenters. The molecule has 1 aromatic carbocycles. The first-order chi connectivity index (χ1) is 13.5. The lowest BCUT2D eigenvalue weighted by molar-refractivity contribution is -0.140. The molecule has 0 saturated carbocycles. The molecule has 3 aromatic rings. The summed E-state index contributed by atoms with van der Waals surface area (Å²) in [5.41, 5.74) is -0.741. The minimum Gasteiger partial charge on any atom is -0.465 e. The highest BCUT2D eigenvalue weighted by atomic mass is 127. The molecule has 0 spiro atoms. The maximum absolute atomic E-state index is 12.6. The van der Waals surface area contributed by atoms with E-state index >= 15 is 0 Å². The van der Waals surface area contributed by atoms with E-state index in [0.29, 0.717) is 17.4 Å². The number of hydrogen-bond acceptors (Lipinski definition) is 8. The Morgan fingerprint density at radius 2 is 2.14 bits per heavy atom. The summed E-state index contributed by atoms with van der Waals surface area (Å²) >= 11 is 3.13. The van der Waals surface area contributed by atoms with Gasteiger partial charge in [-0.05, 0) is 47.2 Å². The van der Waals surface area contributed by atoms with Crippen molar-refractivity contribution in [3.05, 3.63) is 48.4 Å². The van der Waals surface area contributed by atoms with Crippen LogP contribution in [0.25, 0.3) is 10.8 Å². The second kappa shape index (κ2) is 9.37. The number of halogens is 1. The Kier molecular flexibility index (Phi) is 6.88. The number of thioether (sulfide) groups is 1. The van der Waals surface area contributed by atoms with Crippen molar-refractivity contribution in [3.63, 3.8) is 0 Å². The first kappa shape index (κ1) is 20.6. The zero-order valence-corrected chi connectivity index (χ0v) is 17.9. The normalized spacial score (nSPS) is 11.1. The molecule has 0 amide bonds. The monoisotopic (exact) mass is 516 g/mol. The van der Waals surface area contributed by atoms with Gasteiger partial charge < -0.3 is 9.15 Å². The molecule has 0 atom stereocenters. The number of ether oxygens (including phenoxy) is 1. The number of hydrogen-bond donors (Lipinski definition) is 1. The van der Waals surface area contributed by atoms with Gasteiger partial charge in [-0.15, -0.1) is 10.2 Å². The molecular formula is C17H17IN4O5S. The standard InChI is InChI=1S/C17H17IN4O5S/c1-2-3-6-26-14(23)9-28-17-20-19-13(27-17)8-22-16(25)12-7-10(18)4-5-11(12)15(24)21-22/h4-5,7H,2-3,6,8-9H2,1H3,(H,21,24). The Morgan fingerprint density at radius 1 is 1.32 bits per heavy atom. The van der Waals surface area contributed by atoms with Gasteiger partial charge in [0.25, 0.3) is 16.3 Å². The molecule has 3 rings (SSSR count). The molecule has 0 aliphatic rings. The Bertz CT molecular complexity index is 1110. The lowest BCUT2D eigenvalue weighted by Crippen LogP contribution is -2.30. The number of carbonyl (C=O) groups excluding carboxylic acids is 1. The molecular weight excluding hydrogens is 499 g/mol. The summed E-state index contributed by atoms with van der Waals surface area (Å²) < 4.78 is 12.5. The topological polar surface area (TPSA) is 120 Å². The van der Waals surface area contributed by atoms with Crippen LogP contribution in [-0.2, 0) is 16.1 Å². The van der Waals surface area contributed by atoms with Crippen LogP contribution in [0.5, 0.6) is 0 Å². The summed E-state index contributed by atoms with van der Waals surface area (Å²) in [4.78, 5) is 36.4. The average molecular weight is 516 g/mol. The van der Waals surface area contributed by atoms with Crippen molar-refractivity contribution in [2.45, 2.75) is 31.5 Å². The van der Waals surface area contributed by atoms with E-state index in [1.54, 1.807) is 18.2 Å². The van der Waals surface area contributed by atoms with Gasteiger partial charge in [0.15, 0.2) is 0 Å². The van der Waals surface area contributed by atoms with Crippen LogP contribution in [0.15, 0.2) is 37.4 Å². The van der Waals surface area contributed by atoms with Crippen molar-refractivity contribution >= 4 is 51.1 Å². The van der Waals surface area contributed by atoms with E-state index in [1.165, 1.54) is 0 Å². The molecule has 148 valence electrons. The first-order valence-electron chi connectivity index (χ1n) is 8.51. The predicted octanol–water partition coefficient (Wildman–Crippen LogP) is 2.16. The fourth-order valence-electron chi connectivity index (χ4n) is 2.37. The number of carbonyl (C=O) groups is 1. The molecule has 1 N–H and O–H groups in total. The maximum atomic E-state index is 12.6. The Labute approximate surface area is 177 Å². The fraction of sp³-hybridized carbons (Fsp3) is 0.353. The van der Waals surface area contributed by atoms with E-state index in [4.69, 9.17) is 9.15 Å². The number of benzene rings is 1. The van der Waals surface area contributed by atoms with Gasteiger partial charge in [0.05, 0.1) is 17.4 Å². The minimum atomic E-state index is -0.380. The van der Waals surface area contributed by atoms with Crippen molar-refractivity contribution in [2.24, 2.45) is 0 Å². The molecule has 11 heteroatoms. The van der Waals surface area contributed by atoms with Crippen LogP contribution in [0.3, 0.4) is 0 Å². The van der Waals surface area contributed by atoms with E-state index in [1.807, 2.05) is 6.92 Å². The minimum absolute atomic E-state index is 0.0521. The summed E-state index contributed by atoms with van der Waals surface area (Å²) in [5.74, 6) is -0.163. The van der Waals surface area contributed by atoms with Gasteiger partial charge in [0.1, 0.15) is 12.3 Å². The molecule has 0 radical (unpaired) electrons. The Hall–Kier alpha value is -2.15. The SMILES string of the molecule is CCCCOC(=O)CSc1nnc(Cn2[nH]c(=O)c3ccc(I)cc3c2=O)o1. The molecule has 0 fully saturated rings. The van der Waals surface area contributed by atoms with Gasteiger partial charge in [0.2, 0.25) is 5.89 Å². The molecule has 2 heterocycles. The van der Waals surface area contributed by atoms with E-state index in [-0.39, 0.29) is 40.5 Å². The number of fused-ring (bicyclic) bond motifs is 1. The highest BCUT2D eigenvalue weighted by molar-refractivity contribution is 14.1. The summed E-state index contributed by atoms with van der Waals surface area (Å²) in [5, 5.41) is 11.0. The molecule has 9 nitrogen and oxygen atoms in total. The predicted molar refractivity (Wildman–Crippen MR) is 112 cm³/mol. The lowest BCUT2D eigenvalue weighted by Gasteiger charge is -2.04. The third kappa shape index (κ3) is 5.01. The second-order valence-corrected chi connectivity index (χ2v) is 8.02. The zero-order chi connectivity index (χ0) is 20.1. The largest absolute Gasteiger partial charge is 0.465 e. The number of H-pyrrole nitrogens is 1.